The van der Waals surface area contributed by atoms with Crippen LogP contribution in [-0.2, 0) is 4.79 Å². The van der Waals surface area contributed by atoms with Crippen molar-refractivity contribution in [2.75, 3.05) is 6.61 Å². The van der Waals surface area contributed by atoms with Crippen molar-refractivity contribution in [3.05, 3.63) is 36.5 Å². The van der Waals surface area contributed by atoms with Crippen LogP contribution in [0.4, 0.5) is 0 Å². The van der Waals surface area contributed by atoms with E-state index in [4.69, 9.17) is 0 Å². The SMILES string of the molecule is CCCCC/C=C\C/C=C\C/C=C\CCCCCCCCC(=O)NC(CO)C(O)CCCCCCCCCC. The van der Waals surface area contributed by atoms with Gasteiger partial charge in [0, 0.05) is 6.42 Å². The zero-order chi connectivity index (χ0) is 28.7. The fourth-order valence-corrected chi connectivity index (χ4v) is 4.78. The number of carbonyl (C=O) groups is 1. The van der Waals surface area contributed by atoms with Gasteiger partial charge in [0.2, 0.25) is 5.91 Å². The second-order valence-electron chi connectivity index (χ2n) is 11.2. The molecule has 0 aliphatic heterocycles. The third-order valence-electron chi connectivity index (χ3n) is 7.40. The summed E-state index contributed by atoms with van der Waals surface area (Å²) in [6, 6.07) is -0.539. The molecule has 0 aromatic heterocycles. The number of allylic oxidation sites excluding steroid dienone is 6. The number of amides is 1. The maximum absolute atomic E-state index is 12.3. The fraction of sp³-hybridized carbons (Fsp3) is 0.800. The normalized spacial score (nSPS) is 13.6. The molecule has 0 rings (SSSR count). The van der Waals surface area contributed by atoms with Crippen LogP contribution in [0.3, 0.4) is 0 Å². The van der Waals surface area contributed by atoms with E-state index in [-0.39, 0.29) is 12.5 Å². The van der Waals surface area contributed by atoms with Crippen LogP contribution in [-0.4, -0.2) is 34.9 Å². The molecule has 4 heteroatoms. The molecular weight excluding hydrogens is 482 g/mol. The third kappa shape index (κ3) is 28.0. The predicted molar refractivity (Wildman–Crippen MR) is 170 cm³/mol. The number of rotatable bonds is 29. The molecule has 1 amide bonds. The molecule has 2 unspecified atom stereocenters. The Morgan fingerprint density at radius 2 is 1.05 bits per heavy atom. The van der Waals surface area contributed by atoms with Crippen molar-refractivity contribution in [3.8, 4) is 0 Å². The first kappa shape index (κ1) is 37.6. The summed E-state index contributed by atoms with van der Waals surface area (Å²) >= 11 is 0. The van der Waals surface area contributed by atoms with E-state index in [1.165, 1.54) is 83.5 Å². The van der Waals surface area contributed by atoms with E-state index in [9.17, 15) is 15.0 Å². The molecule has 0 aliphatic carbocycles. The number of aliphatic hydroxyl groups excluding tert-OH is 2. The van der Waals surface area contributed by atoms with Crippen molar-refractivity contribution >= 4 is 5.91 Å². The summed E-state index contributed by atoms with van der Waals surface area (Å²) in [5.74, 6) is -0.0498. The smallest absolute Gasteiger partial charge is 0.220 e. The lowest BCUT2D eigenvalue weighted by Crippen LogP contribution is -2.45. The maximum Gasteiger partial charge on any atom is 0.220 e. The Kier molecular flexibility index (Phi) is 30.0. The lowest BCUT2D eigenvalue weighted by atomic mass is 10.0. The van der Waals surface area contributed by atoms with Crippen LogP contribution < -0.4 is 5.32 Å². The number of hydrogen-bond acceptors (Lipinski definition) is 3. The molecule has 3 N–H and O–H groups in total. The summed E-state index contributed by atoms with van der Waals surface area (Å²) in [5.41, 5.74) is 0. The van der Waals surface area contributed by atoms with Gasteiger partial charge in [0.1, 0.15) is 0 Å². The summed E-state index contributed by atoms with van der Waals surface area (Å²) in [7, 11) is 0. The Hall–Kier alpha value is -1.39. The highest BCUT2D eigenvalue weighted by molar-refractivity contribution is 5.76. The molecule has 0 aromatic carbocycles. The minimum absolute atomic E-state index is 0.0498. The molecular formula is C35H65NO3. The van der Waals surface area contributed by atoms with E-state index < -0.39 is 12.1 Å². The van der Waals surface area contributed by atoms with Crippen molar-refractivity contribution in [1.82, 2.24) is 5.32 Å². The number of carbonyl (C=O) groups excluding carboxylic acids is 1. The zero-order valence-corrected chi connectivity index (χ0v) is 25.9. The van der Waals surface area contributed by atoms with Crippen molar-refractivity contribution < 1.29 is 15.0 Å². The molecule has 39 heavy (non-hydrogen) atoms. The van der Waals surface area contributed by atoms with Gasteiger partial charge in [-0.05, 0) is 51.4 Å². The van der Waals surface area contributed by atoms with E-state index in [2.05, 4.69) is 55.6 Å². The van der Waals surface area contributed by atoms with Gasteiger partial charge in [0.05, 0.1) is 18.8 Å². The van der Waals surface area contributed by atoms with Crippen LogP contribution in [0.2, 0.25) is 0 Å². The van der Waals surface area contributed by atoms with Gasteiger partial charge >= 0.3 is 0 Å². The van der Waals surface area contributed by atoms with Crippen LogP contribution in [0.25, 0.3) is 0 Å². The van der Waals surface area contributed by atoms with Crippen molar-refractivity contribution in [1.29, 1.82) is 0 Å². The second-order valence-corrected chi connectivity index (χ2v) is 11.2. The molecule has 0 heterocycles. The quantitative estimate of drug-likeness (QED) is 0.0645. The molecule has 0 aromatic rings. The Morgan fingerprint density at radius 3 is 1.62 bits per heavy atom. The highest BCUT2D eigenvalue weighted by Crippen LogP contribution is 2.13. The van der Waals surface area contributed by atoms with Crippen molar-refractivity contribution in [2.24, 2.45) is 0 Å². The van der Waals surface area contributed by atoms with Gasteiger partial charge in [-0.25, -0.2) is 0 Å². The minimum atomic E-state index is -0.661. The van der Waals surface area contributed by atoms with E-state index >= 15 is 0 Å². The average molecular weight is 548 g/mol. The van der Waals surface area contributed by atoms with Gasteiger partial charge < -0.3 is 15.5 Å². The summed E-state index contributed by atoms with van der Waals surface area (Å²) in [6.45, 7) is 4.27. The molecule has 4 nitrogen and oxygen atoms in total. The Morgan fingerprint density at radius 1 is 0.615 bits per heavy atom. The molecule has 0 bridgehead atoms. The van der Waals surface area contributed by atoms with E-state index in [0.717, 1.165) is 51.4 Å². The standard InChI is InChI=1S/C35H65NO3/c1-3-5-7-9-11-13-14-15-16-17-18-19-20-21-22-23-25-27-29-31-35(39)36-33(32-37)34(38)30-28-26-24-12-10-8-6-4-2/h11,13,15-16,18-19,33-34,37-38H,3-10,12,14,17,20-32H2,1-2H3,(H,36,39)/b13-11-,16-15-,19-18-. The minimum Gasteiger partial charge on any atom is -0.394 e. The predicted octanol–water partition coefficient (Wildman–Crippen LogP) is 9.51. The van der Waals surface area contributed by atoms with Gasteiger partial charge in [-0.2, -0.15) is 0 Å². The number of nitrogens with one attached hydrogen (secondary N) is 1. The lowest BCUT2D eigenvalue weighted by molar-refractivity contribution is -0.123. The first-order valence-electron chi connectivity index (χ1n) is 16.7. The summed E-state index contributed by atoms with van der Waals surface area (Å²) < 4.78 is 0. The largest absolute Gasteiger partial charge is 0.394 e. The van der Waals surface area contributed by atoms with Crippen molar-refractivity contribution in [3.63, 3.8) is 0 Å². The van der Waals surface area contributed by atoms with Gasteiger partial charge in [-0.1, -0.05) is 140 Å². The number of unbranched alkanes of at least 4 members (excludes halogenated alkanes) is 16. The zero-order valence-electron chi connectivity index (χ0n) is 25.9. The molecule has 2 atom stereocenters. The third-order valence-corrected chi connectivity index (χ3v) is 7.40. The first-order chi connectivity index (χ1) is 19.2. The summed E-state index contributed by atoms with van der Waals surface area (Å²) in [6.07, 6.45) is 39.1. The highest BCUT2D eigenvalue weighted by atomic mass is 16.3. The number of aliphatic hydroxyl groups is 2. The first-order valence-corrected chi connectivity index (χ1v) is 16.7. The molecule has 0 radical (unpaired) electrons. The van der Waals surface area contributed by atoms with Gasteiger partial charge in [0.25, 0.3) is 0 Å². The van der Waals surface area contributed by atoms with E-state index in [1.54, 1.807) is 0 Å². The summed E-state index contributed by atoms with van der Waals surface area (Å²) in [5, 5.41) is 22.8. The molecule has 0 saturated carbocycles. The van der Waals surface area contributed by atoms with Crippen LogP contribution in [0.5, 0.6) is 0 Å². The maximum atomic E-state index is 12.3. The number of hydrogen-bond donors (Lipinski definition) is 3. The average Bonchev–Trinajstić information content (AvgIpc) is 2.94. The summed E-state index contributed by atoms with van der Waals surface area (Å²) in [4.78, 5) is 12.3. The van der Waals surface area contributed by atoms with E-state index in [0.29, 0.717) is 12.8 Å². The Bertz CT molecular complexity index is 599. The van der Waals surface area contributed by atoms with Crippen LogP contribution in [0.15, 0.2) is 36.5 Å². The van der Waals surface area contributed by atoms with Gasteiger partial charge in [-0.3, -0.25) is 4.79 Å². The molecule has 0 spiro atoms. The monoisotopic (exact) mass is 547 g/mol. The second kappa shape index (κ2) is 31.1. The Labute approximate surface area is 242 Å². The molecule has 0 aliphatic rings. The lowest BCUT2D eigenvalue weighted by Gasteiger charge is -2.22. The van der Waals surface area contributed by atoms with Crippen molar-refractivity contribution in [2.45, 2.75) is 174 Å². The fourth-order valence-electron chi connectivity index (χ4n) is 4.78. The molecule has 0 saturated heterocycles. The topological polar surface area (TPSA) is 69.6 Å². The highest BCUT2D eigenvalue weighted by Gasteiger charge is 2.19. The van der Waals surface area contributed by atoms with Gasteiger partial charge in [-0.15, -0.1) is 0 Å². The van der Waals surface area contributed by atoms with E-state index in [1.807, 2.05) is 0 Å². The Balaban J connectivity index is 3.62. The molecule has 0 fully saturated rings. The van der Waals surface area contributed by atoms with Crippen LogP contribution in [0, 0.1) is 0 Å². The van der Waals surface area contributed by atoms with Crippen LogP contribution in [0.1, 0.15) is 162 Å². The van der Waals surface area contributed by atoms with Gasteiger partial charge in [0.15, 0.2) is 0 Å². The molecule has 228 valence electrons. The van der Waals surface area contributed by atoms with Crippen LogP contribution >= 0.6 is 0 Å².